The Bertz CT molecular complexity index is 413. The maximum absolute atomic E-state index is 11.3. The quantitative estimate of drug-likeness (QED) is 0.514. The van der Waals surface area contributed by atoms with Crippen molar-refractivity contribution in [1.29, 1.82) is 0 Å². The van der Waals surface area contributed by atoms with Crippen LogP contribution >= 0.6 is 0 Å². The van der Waals surface area contributed by atoms with Crippen molar-refractivity contribution < 1.29 is 14.7 Å². The Morgan fingerprint density at radius 3 is 2.71 bits per heavy atom. The van der Waals surface area contributed by atoms with E-state index in [0.717, 1.165) is 0 Å². The zero-order valence-corrected chi connectivity index (χ0v) is 8.93. The molecule has 1 saturated carbocycles. The smallest absolute Gasteiger partial charge is 0.315 e. The highest BCUT2D eigenvalue weighted by Crippen LogP contribution is 2.45. The number of amides is 2. The van der Waals surface area contributed by atoms with E-state index in [9.17, 15) is 9.59 Å². The molecule has 0 bridgehead atoms. The van der Waals surface area contributed by atoms with Crippen molar-refractivity contribution in [1.82, 2.24) is 31.3 Å². The number of aromatic amines is 1. The van der Waals surface area contributed by atoms with Crippen LogP contribution in [0.25, 0.3) is 0 Å². The van der Waals surface area contributed by atoms with Gasteiger partial charge in [-0.15, -0.1) is 10.2 Å². The molecule has 1 fully saturated rings. The van der Waals surface area contributed by atoms with Gasteiger partial charge in [0.1, 0.15) is 0 Å². The fourth-order valence-electron chi connectivity index (χ4n) is 1.35. The molecule has 0 unspecified atom stereocenters. The van der Waals surface area contributed by atoms with Crippen molar-refractivity contribution >= 4 is 12.0 Å². The van der Waals surface area contributed by atoms with Gasteiger partial charge >= 0.3 is 12.0 Å². The number of carbonyl (C=O) groups excluding carboxylic acids is 1. The number of hydrogen-bond donors (Lipinski definition) is 4. The number of carbonyl (C=O) groups is 2. The Hall–Kier alpha value is -2.19. The van der Waals surface area contributed by atoms with Crippen LogP contribution in [-0.2, 0) is 11.3 Å². The summed E-state index contributed by atoms with van der Waals surface area (Å²) in [6.07, 6.45) is 1.21. The molecule has 2 amide bonds. The first-order valence-electron chi connectivity index (χ1n) is 5.10. The summed E-state index contributed by atoms with van der Waals surface area (Å²) in [7, 11) is 0. The second-order valence-electron chi connectivity index (χ2n) is 3.95. The molecule has 0 aromatic carbocycles. The standard InChI is InChI=1S/C8H12N6O3/c15-6(16)8(1-2-8)4-10-7(17)9-3-5-11-13-14-12-5/h1-4H2,(H,15,16)(H2,9,10,17)(H,11,12,13,14). The van der Waals surface area contributed by atoms with Crippen LogP contribution in [0.2, 0.25) is 0 Å². The number of H-pyrrole nitrogens is 1. The minimum Gasteiger partial charge on any atom is -0.481 e. The number of hydrogen-bond acceptors (Lipinski definition) is 5. The molecule has 4 N–H and O–H groups in total. The van der Waals surface area contributed by atoms with Gasteiger partial charge in [-0.25, -0.2) is 4.79 Å². The van der Waals surface area contributed by atoms with Crippen molar-refractivity contribution in [3.63, 3.8) is 0 Å². The van der Waals surface area contributed by atoms with E-state index in [4.69, 9.17) is 5.11 Å². The summed E-state index contributed by atoms with van der Waals surface area (Å²) in [5, 5.41) is 26.8. The fraction of sp³-hybridized carbons (Fsp3) is 0.625. The lowest BCUT2D eigenvalue weighted by Crippen LogP contribution is -2.40. The molecule has 0 saturated heterocycles. The second kappa shape index (κ2) is 4.36. The first kappa shape index (κ1) is 11.3. The molecule has 0 radical (unpaired) electrons. The van der Waals surface area contributed by atoms with Gasteiger partial charge in [-0.1, -0.05) is 5.21 Å². The minimum atomic E-state index is -0.865. The highest BCUT2D eigenvalue weighted by atomic mass is 16.4. The van der Waals surface area contributed by atoms with Gasteiger partial charge in [0, 0.05) is 6.54 Å². The van der Waals surface area contributed by atoms with Crippen LogP contribution in [0.15, 0.2) is 0 Å². The third kappa shape index (κ3) is 2.68. The highest BCUT2D eigenvalue weighted by Gasteiger charge is 2.50. The molecule has 9 heteroatoms. The van der Waals surface area contributed by atoms with E-state index in [-0.39, 0.29) is 13.1 Å². The molecule has 1 aliphatic rings. The lowest BCUT2D eigenvalue weighted by atomic mass is 10.1. The SMILES string of the molecule is O=C(NCc1nn[nH]n1)NCC1(C(=O)O)CC1. The van der Waals surface area contributed by atoms with Crippen LogP contribution < -0.4 is 10.6 Å². The van der Waals surface area contributed by atoms with E-state index in [0.29, 0.717) is 18.7 Å². The monoisotopic (exact) mass is 240 g/mol. The van der Waals surface area contributed by atoms with Gasteiger partial charge in [0.05, 0.1) is 12.0 Å². The van der Waals surface area contributed by atoms with Crippen molar-refractivity contribution in [2.75, 3.05) is 6.54 Å². The molecule has 0 atom stereocenters. The van der Waals surface area contributed by atoms with Crippen LogP contribution in [0.5, 0.6) is 0 Å². The Balaban J connectivity index is 1.70. The minimum absolute atomic E-state index is 0.139. The molecule has 17 heavy (non-hydrogen) atoms. The number of urea groups is 1. The van der Waals surface area contributed by atoms with E-state index in [1.54, 1.807) is 0 Å². The van der Waals surface area contributed by atoms with Crippen LogP contribution in [-0.4, -0.2) is 44.3 Å². The van der Waals surface area contributed by atoms with Crippen LogP contribution in [0, 0.1) is 5.41 Å². The average Bonchev–Trinajstić information content (AvgIpc) is 2.93. The van der Waals surface area contributed by atoms with Crippen molar-refractivity contribution in [3.05, 3.63) is 5.82 Å². The van der Waals surface area contributed by atoms with Gasteiger partial charge in [0.2, 0.25) is 0 Å². The maximum Gasteiger partial charge on any atom is 0.315 e. The molecular weight excluding hydrogens is 228 g/mol. The number of tetrazole rings is 1. The zero-order valence-electron chi connectivity index (χ0n) is 8.93. The summed E-state index contributed by atoms with van der Waals surface area (Å²) in [6, 6.07) is -0.442. The summed E-state index contributed by atoms with van der Waals surface area (Å²) in [6.45, 7) is 0.281. The topological polar surface area (TPSA) is 133 Å². The van der Waals surface area contributed by atoms with Gasteiger partial charge in [-0.05, 0) is 12.8 Å². The lowest BCUT2D eigenvalue weighted by Gasteiger charge is -2.11. The first-order valence-corrected chi connectivity index (χ1v) is 5.10. The predicted molar refractivity (Wildman–Crippen MR) is 53.7 cm³/mol. The van der Waals surface area contributed by atoms with E-state index in [1.807, 2.05) is 0 Å². The summed E-state index contributed by atoms with van der Waals surface area (Å²) >= 11 is 0. The predicted octanol–water partition coefficient (Wildman–Crippen LogP) is -1.14. The van der Waals surface area contributed by atoms with E-state index in [2.05, 4.69) is 31.3 Å². The number of carboxylic acids is 1. The zero-order chi connectivity index (χ0) is 12.3. The molecule has 2 rings (SSSR count). The van der Waals surface area contributed by atoms with Crippen molar-refractivity contribution in [2.45, 2.75) is 19.4 Å². The number of nitrogens with one attached hydrogen (secondary N) is 3. The summed E-state index contributed by atoms with van der Waals surface area (Å²) < 4.78 is 0. The van der Waals surface area contributed by atoms with Gasteiger partial charge in [-0.2, -0.15) is 5.21 Å². The van der Waals surface area contributed by atoms with Gasteiger partial charge in [0.25, 0.3) is 0 Å². The molecule has 1 heterocycles. The average molecular weight is 240 g/mol. The van der Waals surface area contributed by atoms with Crippen LogP contribution in [0.1, 0.15) is 18.7 Å². The van der Waals surface area contributed by atoms with Gasteiger partial charge in [0.15, 0.2) is 5.82 Å². The Kier molecular flexibility index (Phi) is 2.90. The van der Waals surface area contributed by atoms with E-state index < -0.39 is 17.4 Å². The molecule has 92 valence electrons. The normalized spacial score (nSPS) is 16.2. The van der Waals surface area contributed by atoms with E-state index >= 15 is 0 Å². The van der Waals surface area contributed by atoms with Crippen LogP contribution in [0.4, 0.5) is 4.79 Å². The highest BCUT2D eigenvalue weighted by molar-refractivity contribution is 5.80. The molecule has 1 aromatic rings. The molecule has 9 nitrogen and oxygen atoms in total. The summed E-state index contributed by atoms with van der Waals surface area (Å²) in [5.41, 5.74) is -0.760. The number of aliphatic carboxylic acids is 1. The second-order valence-corrected chi connectivity index (χ2v) is 3.95. The fourth-order valence-corrected chi connectivity index (χ4v) is 1.35. The lowest BCUT2D eigenvalue weighted by molar-refractivity contribution is -0.143. The Morgan fingerprint density at radius 1 is 1.41 bits per heavy atom. The number of nitrogens with zero attached hydrogens (tertiary/aromatic N) is 3. The van der Waals surface area contributed by atoms with Gasteiger partial charge < -0.3 is 15.7 Å². The van der Waals surface area contributed by atoms with Crippen molar-refractivity contribution in [2.24, 2.45) is 5.41 Å². The maximum atomic E-state index is 11.3. The van der Waals surface area contributed by atoms with Crippen molar-refractivity contribution in [3.8, 4) is 0 Å². The third-order valence-electron chi connectivity index (χ3n) is 2.69. The molecule has 1 aromatic heterocycles. The molecular formula is C8H12N6O3. The van der Waals surface area contributed by atoms with Crippen LogP contribution in [0.3, 0.4) is 0 Å². The number of aromatic nitrogens is 4. The Labute approximate surface area is 96.0 Å². The van der Waals surface area contributed by atoms with Gasteiger partial charge in [-0.3, -0.25) is 4.79 Å². The summed E-state index contributed by atoms with van der Waals surface area (Å²) in [4.78, 5) is 22.2. The van der Waals surface area contributed by atoms with E-state index in [1.165, 1.54) is 0 Å². The molecule has 1 aliphatic carbocycles. The third-order valence-corrected chi connectivity index (χ3v) is 2.69. The number of rotatable bonds is 5. The molecule has 0 spiro atoms. The Morgan fingerprint density at radius 2 is 2.18 bits per heavy atom. The first-order chi connectivity index (χ1) is 8.12. The summed E-state index contributed by atoms with van der Waals surface area (Å²) in [5.74, 6) is -0.504. The largest absolute Gasteiger partial charge is 0.481 e. The number of carboxylic acid groups (broad SMARTS) is 1. The molecule has 0 aliphatic heterocycles.